The molecule has 1 aromatic rings. The van der Waals surface area contributed by atoms with Crippen LogP contribution in [0.3, 0.4) is 0 Å². The van der Waals surface area contributed by atoms with Gasteiger partial charge in [-0.25, -0.2) is 0 Å². The molecule has 2 rings (SSSR count). The Labute approximate surface area is 112 Å². The van der Waals surface area contributed by atoms with Crippen LogP contribution in [0.5, 0.6) is 11.5 Å². The number of aromatic hydroxyl groups is 2. The molecule has 1 amide bonds. The molecule has 1 saturated heterocycles. The number of hydrogen-bond acceptors (Lipinski definition) is 4. The zero-order valence-electron chi connectivity index (χ0n) is 11.2. The molecule has 5 heteroatoms. The average Bonchev–Trinajstić information content (AvgIpc) is 2.40. The van der Waals surface area contributed by atoms with E-state index >= 15 is 0 Å². The molecule has 1 aliphatic rings. The molecule has 0 aliphatic carbocycles. The molecular formula is C14H19NO4. The Morgan fingerprint density at radius 2 is 2.21 bits per heavy atom. The Bertz CT molecular complexity index is 475. The molecule has 2 atom stereocenters. The summed E-state index contributed by atoms with van der Waals surface area (Å²) in [6.45, 7) is 4.90. The van der Waals surface area contributed by atoms with Gasteiger partial charge in [-0.05, 0) is 31.5 Å². The summed E-state index contributed by atoms with van der Waals surface area (Å²) in [5, 5.41) is 19.2. The normalized spacial score (nSPS) is 23.4. The van der Waals surface area contributed by atoms with Crippen molar-refractivity contribution >= 4 is 5.91 Å². The van der Waals surface area contributed by atoms with Gasteiger partial charge in [0.15, 0.2) is 0 Å². The lowest BCUT2D eigenvalue weighted by atomic mass is 10.1. The van der Waals surface area contributed by atoms with Crippen LogP contribution >= 0.6 is 0 Å². The second-order valence-electron chi connectivity index (χ2n) is 4.86. The van der Waals surface area contributed by atoms with Gasteiger partial charge >= 0.3 is 0 Å². The summed E-state index contributed by atoms with van der Waals surface area (Å²) >= 11 is 0. The van der Waals surface area contributed by atoms with E-state index in [0.29, 0.717) is 13.2 Å². The number of ether oxygens (including phenoxy) is 1. The maximum absolute atomic E-state index is 12.5. The third kappa shape index (κ3) is 2.81. The van der Waals surface area contributed by atoms with Crippen LogP contribution in [0.1, 0.15) is 30.6 Å². The van der Waals surface area contributed by atoms with Gasteiger partial charge in [-0.2, -0.15) is 0 Å². The standard InChI is InChI=1S/C14H19NO4/c1-3-10-8-19-9(2)7-15(10)14(18)12-6-11(16)4-5-13(12)17/h4-6,9-10,16-17H,3,7-8H2,1-2H3. The summed E-state index contributed by atoms with van der Waals surface area (Å²) in [5.41, 5.74) is 0.132. The molecule has 0 saturated carbocycles. The smallest absolute Gasteiger partial charge is 0.258 e. The topological polar surface area (TPSA) is 70.0 Å². The van der Waals surface area contributed by atoms with Crippen molar-refractivity contribution < 1.29 is 19.7 Å². The van der Waals surface area contributed by atoms with E-state index in [1.165, 1.54) is 18.2 Å². The first-order valence-electron chi connectivity index (χ1n) is 6.47. The van der Waals surface area contributed by atoms with Crippen molar-refractivity contribution in [2.75, 3.05) is 13.2 Å². The Morgan fingerprint density at radius 3 is 2.89 bits per heavy atom. The second kappa shape index (κ2) is 5.48. The van der Waals surface area contributed by atoms with Gasteiger partial charge in [0.25, 0.3) is 5.91 Å². The Morgan fingerprint density at radius 1 is 1.47 bits per heavy atom. The number of benzene rings is 1. The molecule has 19 heavy (non-hydrogen) atoms. The Balaban J connectivity index is 2.28. The highest BCUT2D eigenvalue weighted by molar-refractivity contribution is 5.97. The quantitative estimate of drug-likeness (QED) is 0.799. The maximum Gasteiger partial charge on any atom is 0.258 e. The average molecular weight is 265 g/mol. The zero-order valence-corrected chi connectivity index (χ0v) is 11.2. The number of rotatable bonds is 2. The van der Waals surface area contributed by atoms with Crippen LogP contribution in [0.2, 0.25) is 0 Å². The van der Waals surface area contributed by atoms with Crippen molar-refractivity contribution in [2.45, 2.75) is 32.4 Å². The highest BCUT2D eigenvalue weighted by atomic mass is 16.5. The predicted octanol–water partition coefficient (Wildman–Crippen LogP) is 1.74. The molecule has 1 aromatic carbocycles. The lowest BCUT2D eigenvalue weighted by molar-refractivity contribution is -0.0444. The molecule has 0 aromatic heterocycles. The molecule has 1 heterocycles. The second-order valence-corrected chi connectivity index (χ2v) is 4.86. The minimum absolute atomic E-state index is 0.00505. The number of hydrogen-bond donors (Lipinski definition) is 2. The van der Waals surface area contributed by atoms with Gasteiger partial charge in [0, 0.05) is 6.54 Å². The molecular weight excluding hydrogens is 246 g/mol. The minimum Gasteiger partial charge on any atom is -0.508 e. The van der Waals surface area contributed by atoms with Crippen LogP contribution in [0.15, 0.2) is 18.2 Å². The van der Waals surface area contributed by atoms with Crippen molar-refractivity contribution in [3.63, 3.8) is 0 Å². The number of morpholine rings is 1. The number of carbonyl (C=O) groups is 1. The zero-order chi connectivity index (χ0) is 14.0. The number of nitrogens with zero attached hydrogens (tertiary/aromatic N) is 1. The van der Waals surface area contributed by atoms with E-state index in [4.69, 9.17) is 4.74 Å². The van der Waals surface area contributed by atoms with Crippen LogP contribution in [-0.4, -0.2) is 46.3 Å². The third-order valence-corrected chi connectivity index (χ3v) is 3.41. The fraction of sp³-hybridized carbons (Fsp3) is 0.500. The first-order chi connectivity index (χ1) is 9.02. The van der Waals surface area contributed by atoms with Crippen molar-refractivity contribution in [3.05, 3.63) is 23.8 Å². The maximum atomic E-state index is 12.5. The van der Waals surface area contributed by atoms with Crippen LogP contribution in [0, 0.1) is 0 Å². The highest BCUT2D eigenvalue weighted by Gasteiger charge is 2.31. The van der Waals surface area contributed by atoms with E-state index in [1.54, 1.807) is 4.90 Å². The molecule has 1 fully saturated rings. The van der Waals surface area contributed by atoms with Crippen molar-refractivity contribution in [3.8, 4) is 11.5 Å². The molecule has 0 bridgehead atoms. The highest BCUT2D eigenvalue weighted by Crippen LogP contribution is 2.26. The first kappa shape index (κ1) is 13.7. The van der Waals surface area contributed by atoms with E-state index in [-0.39, 0.29) is 35.1 Å². The summed E-state index contributed by atoms with van der Waals surface area (Å²) in [7, 11) is 0. The predicted molar refractivity (Wildman–Crippen MR) is 70.3 cm³/mol. The lowest BCUT2D eigenvalue weighted by Crippen LogP contribution is -2.51. The Kier molecular flexibility index (Phi) is 3.95. The van der Waals surface area contributed by atoms with Crippen LogP contribution < -0.4 is 0 Å². The van der Waals surface area contributed by atoms with Gasteiger partial charge in [-0.3, -0.25) is 4.79 Å². The third-order valence-electron chi connectivity index (χ3n) is 3.41. The fourth-order valence-corrected chi connectivity index (χ4v) is 2.28. The van der Waals surface area contributed by atoms with Gasteiger partial charge in [-0.1, -0.05) is 6.92 Å². The van der Waals surface area contributed by atoms with Crippen molar-refractivity contribution in [1.29, 1.82) is 0 Å². The van der Waals surface area contributed by atoms with Crippen LogP contribution in [0.4, 0.5) is 0 Å². The van der Waals surface area contributed by atoms with E-state index < -0.39 is 0 Å². The first-order valence-corrected chi connectivity index (χ1v) is 6.47. The minimum atomic E-state index is -0.268. The molecule has 0 radical (unpaired) electrons. The van der Waals surface area contributed by atoms with Crippen LogP contribution in [0.25, 0.3) is 0 Å². The number of carbonyl (C=O) groups excluding carboxylic acids is 1. The van der Waals surface area contributed by atoms with Gasteiger partial charge < -0.3 is 19.8 Å². The lowest BCUT2D eigenvalue weighted by Gasteiger charge is -2.38. The van der Waals surface area contributed by atoms with Crippen molar-refractivity contribution in [1.82, 2.24) is 4.90 Å². The monoisotopic (exact) mass is 265 g/mol. The van der Waals surface area contributed by atoms with E-state index in [2.05, 4.69) is 0 Å². The summed E-state index contributed by atoms with van der Waals surface area (Å²) in [5.74, 6) is -0.414. The van der Waals surface area contributed by atoms with E-state index in [1.807, 2.05) is 13.8 Å². The van der Waals surface area contributed by atoms with Gasteiger partial charge in [-0.15, -0.1) is 0 Å². The van der Waals surface area contributed by atoms with Gasteiger partial charge in [0.1, 0.15) is 11.5 Å². The van der Waals surface area contributed by atoms with Gasteiger partial charge in [0.2, 0.25) is 0 Å². The van der Waals surface area contributed by atoms with E-state index in [9.17, 15) is 15.0 Å². The van der Waals surface area contributed by atoms with E-state index in [0.717, 1.165) is 6.42 Å². The SMILES string of the molecule is CCC1COC(C)CN1C(=O)c1cc(O)ccc1O. The summed E-state index contributed by atoms with van der Waals surface area (Å²) < 4.78 is 5.55. The molecule has 104 valence electrons. The molecule has 5 nitrogen and oxygen atoms in total. The van der Waals surface area contributed by atoms with Crippen molar-refractivity contribution in [2.24, 2.45) is 0 Å². The molecule has 1 aliphatic heterocycles. The number of phenolic OH excluding ortho intramolecular Hbond substituents is 2. The largest absolute Gasteiger partial charge is 0.508 e. The summed E-state index contributed by atoms with van der Waals surface area (Å²) in [4.78, 5) is 14.2. The van der Waals surface area contributed by atoms with Gasteiger partial charge in [0.05, 0.1) is 24.3 Å². The summed E-state index contributed by atoms with van der Waals surface area (Å²) in [6.07, 6.45) is 0.768. The molecule has 2 N–H and O–H groups in total. The Hall–Kier alpha value is -1.75. The fourth-order valence-electron chi connectivity index (χ4n) is 2.28. The van der Waals surface area contributed by atoms with Crippen LogP contribution in [-0.2, 0) is 4.74 Å². The molecule has 2 unspecified atom stereocenters. The molecule has 0 spiro atoms. The number of amides is 1. The number of phenols is 2. The summed E-state index contributed by atoms with van der Waals surface area (Å²) in [6, 6.07) is 3.98.